The Labute approximate surface area is 119 Å². The molecule has 104 valence electrons. The maximum atomic E-state index is 12.2. The molecule has 0 N–H and O–H groups in total. The first-order valence-electron chi connectivity index (χ1n) is 7.03. The predicted octanol–water partition coefficient (Wildman–Crippen LogP) is 2.64. The molecular weight excluding hydrogens is 250 g/mol. The lowest BCUT2D eigenvalue weighted by atomic mass is 9.85. The molecule has 4 heteroatoms. The summed E-state index contributed by atoms with van der Waals surface area (Å²) < 4.78 is 0. The van der Waals surface area contributed by atoms with Gasteiger partial charge in [0.1, 0.15) is 0 Å². The molecule has 1 aromatic heterocycles. The van der Waals surface area contributed by atoms with Gasteiger partial charge in [-0.15, -0.1) is 0 Å². The van der Waals surface area contributed by atoms with Crippen molar-refractivity contribution in [1.82, 2.24) is 9.88 Å². The number of aromatic nitrogens is 1. The summed E-state index contributed by atoms with van der Waals surface area (Å²) in [4.78, 5) is 18.0. The van der Waals surface area contributed by atoms with Gasteiger partial charge in [0, 0.05) is 31.6 Å². The lowest BCUT2D eigenvalue weighted by Crippen LogP contribution is -2.37. The van der Waals surface area contributed by atoms with Gasteiger partial charge in [0.05, 0.1) is 12.5 Å². The topological polar surface area (TPSA) is 57.0 Å². The van der Waals surface area contributed by atoms with E-state index in [1.54, 1.807) is 29.4 Å². The molecule has 0 atom stereocenters. The minimum absolute atomic E-state index is 0.0176. The standard InChI is InChI=1S/C16H19N3O/c17-9-3-11-19(13-15-4-1-5-15)16(20)8-7-14-6-2-10-18-12-14/h2,6-8,10,12,15H,1,3-5,11,13H2. The van der Waals surface area contributed by atoms with Crippen molar-refractivity contribution < 1.29 is 4.79 Å². The van der Waals surface area contributed by atoms with E-state index >= 15 is 0 Å². The fourth-order valence-corrected chi connectivity index (χ4v) is 2.21. The zero-order valence-electron chi connectivity index (χ0n) is 11.5. The Morgan fingerprint density at radius 2 is 2.40 bits per heavy atom. The van der Waals surface area contributed by atoms with E-state index in [2.05, 4.69) is 11.1 Å². The first-order valence-corrected chi connectivity index (χ1v) is 7.03. The van der Waals surface area contributed by atoms with Gasteiger partial charge >= 0.3 is 0 Å². The van der Waals surface area contributed by atoms with Crippen LogP contribution in [0.15, 0.2) is 30.6 Å². The molecule has 4 nitrogen and oxygen atoms in total. The molecule has 2 rings (SSSR count). The molecule has 0 unspecified atom stereocenters. The van der Waals surface area contributed by atoms with Crippen LogP contribution in [0.25, 0.3) is 6.08 Å². The van der Waals surface area contributed by atoms with Crippen LogP contribution in [0.5, 0.6) is 0 Å². The maximum absolute atomic E-state index is 12.2. The Hall–Kier alpha value is -2.15. The van der Waals surface area contributed by atoms with Crippen LogP contribution in [0.4, 0.5) is 0 Å². The van der Waals surface area contributed by atoms with Crippen LogP contribution in [-0.4, -0.2) is 28.9 Å². The van der Waals surface area contributed by atoms with Crippen molar-refractivity contribution in [3.63, 3.8) is 0 Å². The summed E-state index contributed by atoms with van der Waals surface area (Å²) in [7, 11) is 0. The molecule has 1 amide bonds. The molecule has 0 aromatic carbocycles. The van der Waals surface area contributed by atoms with Gasteiger partial charge in [0.25, 0.3) is 0 Å². The van der Waals surface area contributed by atoms with Crippen LogP contribution in [0.2, 0.25) is 0 Å². The van der Waals surface area contributed by atoms with Gasteiger partial charge in [-0.25, -0.2) is 0 Å². The molecule has 20 heavy (non-hydrogen) atoms. The lowest BCUT2D eigenvalue weighted by Gasteiger charge is -2.31. The molecule has 1 fully saturated rings. The number of pyridine rings is 1. The minimum atomic E-state index is -0.0176. The number of hydrogen-bond acceptors (Lipinski definition) is 3. The highest BCUT2D eigenvalue weighted by molar-refractivity contribution is 5.91. The van der Waals surface area contributed by atoms with E-state index in [-0.39, 0.29) is 5.91 Å². The molecule has 1 aromatic rings. The molecule has 0 saturated heterocycles. The van der Waals surface area contributed by atoms with E-state index in [0.29, 0.717) is 18.9 Å². The van der Waals surface area contributed by atoms with Gasteiger partial charge in [-0.3, -0.25) is 9.78 Å². The number of amides is 1. The summed E-state index contributed by atoms with van der Waals surface area (Å²) in [5.41, 5.74) is 0.907. The van der Waals surface area contributed by atoms with E-state index in [9.17, 15) is 4.79 Å². The summed E-state index contributed by atoms with van der Waals surface area (Å²) >= 11 is 0. The largest absolute Gasteiger partial charge is 0.338 e. The normalized spacial score (nSPS) is 14.8. The molecule has 0 aliphatic heterocycles. The van der Waals surface area contributed by atoms with E-state index in [0.717, 1.165) is 12.1 Å². The van der Waals surface area contributed by atoms with Gasteiger partial charge in [-0.1, -0.05) is 12.5 Å². The van der Waals surface area contributed by atoms with Crippen molar-refractivity contribution in [1.29, 1.82) is 5.26 Å². The highest BCUT2D eigenvalue weighted by Gasteiger charge is 2.22. The third kappa shape index (κ3) is 4.20. The van der Waals surface area contributed by atoms with Gasteiger partial charge in [-0.2, -0.15) is 5.26 Å². The van der Waals surface area contributed by atoms with Crippen molar-refractivity contribution in [2.75, 3.05) is 13.1 Å². The monoisotopic (exact) mass is 269 g/mol. The van der Waals surface area contributed by atoms with Crippen molar-refractivity contribution in [2.45, 2.75) is 25.7 Å². The highest BCUT2D eigenvalue weighted by Crippen LogP contribution is 2.27. The second kappa shape index (κ2) is 7.44. The summed E-state index contributed by atoms with van der Waals surface area (Å²) in [5, 5.41) is 8.70. The van der Waals surface area contributed by atoms with Crippen molar-refractivity contribution in [3.05, 3.63) is 36.2 Å². The third-order valence-electron chi connectivity index (χ3n) is 3.61. The number of hydrogen-bond donors (Lipinski definition) is 0. The average Bonchev–Trinajstić information content (AvgIpc) is 2.44. The summed E-state index contributed by atoms with van der Waals surface area (Å²) in [6.07, 6.45) is 10.8. The Morgan fingerprint density at radius 1 is 1.55 bits per heavy atom. The number of nitriles is 1. The number of nitrogens with zero attached hydrogens (tertiary/aromatic N) is 3. The lowest BCUT2D eigenvalue weighted by molar-refractivity contribution is -0.126. The fourth-order valence-electron chi connectivity index (χ4n) is 2.21. The Bertz CT molecular complexity index is 500. The summed E-state index contributed by atoms with van der Waals surface area (Å²) in [6.45, 7) is 1.29. The smallest absolute Gasteiger partial charge is 0.246 e. The van der Waals surface area contributed by atoms with Crippen molar-refractivity contribution in [3.8, 4) is 6.07 Å². The second-order valence-electron chi connectivity index (χ2n) is 5.11. The second-order valence-corrected chi connectivity index (χ2v) is 5.11. The average molecular weight is 269 g/mol. The van der Waals surface area contributed by atoms with E-state index in [1.807, 2.05) is 12.1 Å². The van der Waals surface area contributed by atoms with E-state index in [1.165, 1.54) is 19.3 Å². The Kier molecular flexibility index (Phi) is 5.31. The van der Waals surface area contributed by atoms with Gasteiger partial charge in [-0.05, 0) is 36.5 Å². The van der Waals surface area contributed by atoms with E-state index < -0.39 is 0 Å². The van der Waals surface area contributed by atoms with Crippen LogP contribution >= 0.6 is 0 Å². The molecule has 1 aliphatic carbocycles. The Morgan fingerprint density at radius 3 is 3.00 bits per heavy atom. The van der Waals surface area contributed by atoms with Crippen LogP contribution in [-0.2, 0) is 4.79 Å². The van der Waals surface area contributed by atoms with Gasteiger partial charge in [0.15, 0.2) is 0 Å². The van der Waals surface area contributed by atoms with Crippen molar-refractivity contribution in [2.24, 2.45) is 5.92 Å². The Balaban J connectivity index is 1.94. The van der Waals surface area contributed by atoms with Crippen LogP contribution in [0, 0.1) is 17.2 Å². The zero-order valence-corrected chi connectivity index (χ0v) is 11.5. The van der Waals surface area contributed by atoms with Crippen LogP contribution in [0.1, 0.15) is 31.2 Å². The molecule has 1 heterocycles. The maximum Gasteiger partial charge on any atom is 0.246 e. The SMILES string of the molecule is N#CCCN(CC1CCC1)C(=O)C=Cc1cccnc1. The number of carbonyl (C=O) groups excluding carboxylic acids is 1. The first-order chi connectivity index (χ1) is 9.79. The molecule has 0 bridgehead atoms. The molecule has 0 radical (unpaired) electrons. The van der Waals surface area contributed by atoms with Gasteiger partial charge in [0.2, 0.25) is 5.91 Å². The first kappa shape index (κ1) is 14.3. The van der Waals surface area contributed by atoms with Crippen LogP contribution in [0.3, 0.4) is 0 Å². The molecule has 1 aliphatic rings. The zero-order chi connectivity index (χ0) is 14.2. The highest BCUT2D eigenvalue weighted by atomic mass is 16.2. The van der Waals surface area contributed by atoms with Crippen LogP contribution < -0.4 is 0 Å². The molecular formula is C16H19N3O. The predicted molar refractivity (Wildman–Crippen MR) is 77.4 cm³/mol. The third-order valence-corrected chi connectivity index (χ3v) is 3.61. The number of rotatable bonds is 6. The fraction of sp³-hybridized carbons (Fsp3) is 0.438. The van der Waals surface area contributed by atoms with Crippen molar-refractivity contribution >= 4 is 12.0 Å². The van der Waals surface area contributed by atoms with Gasteiger partial charge < -0.3 is 4.90 Å². The molecule has 0 spiro atoms. The summed E-state index contributed by atoms with van der Waals surface area (Å²) in [6, 6.07) is 5.85. The summed E-state index contributed by atoms with van der Waals surface area (Å²) in [5.74, 6) is 0.598. The van der Waals surface area contributed by atoms with E-state index in [4.69, 9.17) is 5.26 Å². The quantitative estimate of drug-likeness (QED) is 0.746. The minimum Gasteiger partial charge on any atom is -0.338 e. The molecule has 1 saturated carbocycles. The number of carbonyl (C=O) groups is 1.